The number of benzene rings is 1. The number of hydrogen-bond donors (Lipinski definition) is 1. The van der Waals surface area contributed by atoms with Gasteiger partial charge in [-0.05, 0) is 66.7 Å². The van der Waals surface area contributed by atoms with Crippen LogP contribution in [-0.2, 0) is 6.42 Å². The van der Waals surface area contributed by atoms with E-state index in [1.807, 2.05) is 0 Å². The Hall–Kier alpha value is -0.540. The van der Waals surface area contributed by atoms with E-state index in [0.29, 0.717) is 6.04 Å². The molecule has 1 aliphatic heterocycles. The molecule has 1 saturated heterocycles. The lowest BCUT2D eigenvalue weighted by atomic mass is 10.1. The summed E-state index contributed by atoms with van der Waals surface area (Å²) in [5, 5.41) is 0. The topological polar surface area (TPSA) is 29.3 Å². The summed E-state index contributed by atoms with van der Waals surface area (Å²) in [5.41, 5.74) is 8.52. The molecular formula is C16H25BrN2. The SMILES string of the molecule is CC(N)Cc1ccc(N2CCCCCC2C)c(Br)c1. The predicted molar refractivity (Wildman–Crippen MR) is 86.8 cm³/mol. The fourth-order valence-corrected chi connectivity index (χ4v) is 3.57. The van der Waals surface area contributed by atoms with Crippen molar-refractivity contribution in [1.82, 2.24) is 0 Å². The first-order chi connectivity index (χ1) is 9.08. The molecule has 0 bridgehead atoms. The Morgan fingerprint density at radius 2 is 2.16 bits per heavy atom. The third kappa shape index (κ3) is 3.96. The van der Waals surface area contributed by atoms with Gasteiger partial charge in [-0.2, -0.15) is 0 Å². The molecule has 2 atom stereocenters. The molecule has 19 heavy (non-hydrogen) atoms. The molecule has 106 valence electrons. The summed E-state index contributed by atoms with van der Waals surface area (Å²) in [6, 6.07) is 7.56. The van der Waals surface area contributed by atoms with E-state index in [9.17, 15) is 0 Å². The normalized spacial score (nSPS) is 22.1. The van der Waals surface area contributed by atoms with Gasteiger partial charge in [-0.25, -0.2) is 0 Å². The van der Waals surface area contributed by atoms with E-state index in [-0.39, 0.29) is 6.04 Å². The Morgan fingerprint density at radius 1 is 1.37 bits per heavy atom. The molecule has 2 N–H and O–H groups in total. The molecule has 2 rings (SSSR count). The Bertz CT molecular complexity index is 417. The van der Waals surface area contributed by atoms with Gasteiger partial charge in [-0.3, -0.25) is 0 Å². The van der Waals surface area contributed by atoms with Crippen LogP contribution in [0.15, 0.2) is 22.7 Å². The van der Waals surface area contributed by atoms with E-state index >= 15 is 0 Å². The summed E-state index contributed by atoms with van der Waals surface area (Å²) in [6.45, 7) is 5.57. The van der Waals surface area contributed by atoms with Crippen LogP contribution in [0.4, 0.5) is 5.69 Å². The van der Waals surface area contributed by atoms with Crippen molar-refractivity contribution >= 4 is 21.6 Å². The van der Waals surface area contributed by atoms with E-state index < -0.39 is 0 Å². The van der Waals surface area contributed by atoms with Crippen LogP contribution in [0, 0.1) is 0 Å². The van der Waals surface area contributed by atoms with Crippen LogP contribution >= 0.6 is 15.9 Å². The van der Waals surface area contributed by atoms with Crippen LogP contribution < -0.4 is 10.6 Å². The molecule has 1 aliphatic rings. The molecular weight excluding hydrogens is 300 g/mol. The molecule has 0 aliphatic carbocycles. The molecule has 1 aromatic rings. The fraction of sp³-hybridized carbons (Fsp3) is 0.625. The highest BCUT2D eigenvalue weighted by Crippen LogP contribution is 2.31. The second kappa shape index (κ2) is 6.76. The van der Waals surface area contributed by atoms with Gasteiger partial charge >= 0.3 is 0 Å². The van der Waals surface area contributed by atoms with E-state index in [0.717, 1.165) is 6.42 Å². The number of anilines is 1. The first-order valence-corrected chi connectivity index (χ1v) is 8.18. The molecule has 0 amide bonds. The highest BCUT2D eigenvalue weighted by Gasteiger charge is 2.19. The van der Waals surface area contributed by atoms with Crippen LogP contribution in [0.25, 0.3) is 0 Å². The second-order valence-electron chi connectivity index (χ2n) is 5.86. The summed E-state index contributed by atoms with van der Waals surface area (Å²) >= 11 is 3.74. The number of nitrogens with zero attached hydrogens (tertiary/aromatic N) is 1. The predicted octanol–water partition coefficient (Wildman–Crippen LogP) is 4.11. The average molecular weight is 325 g/mol. The van der Waals surface area contributed by atoms with Gasteiger partial charge in [-0.1, -0.05) is 18.9 Å². The minimum atomic E-state index is 0.217. The van der Waals surface area contributed by atoms with Crippen molar-refractivity contribution in [2.45, 2.75) is 58.0 Å². The van der Waals surface area contributed by atoms with Crippen LogP contribution in [-0.4, -0.2) is 18.6 Å². The van der Waals surface area contributed by atoms with Gasteiger partial charge in [0.1, 0.15) is 0 Å². The van der Waals surface area contributed by atoms with Gasteiger partial charge in [0.2, 0.25) is 0 Å². The maximum absolute atomic E-state index is 5.87. The van der Waals surface area contributed by atoms with Crippen LogP contribution in [0.5, 0.6) is 0 Å². The molecule has 1 fully saturated rings. The average Bonchev–Trinajstić information content (AvgIpc) is 2.54. The van der Waals surface area contributed by atoms with Gasteiger partial charge in [-0.15, -0.1) is 0 Å². The van der Waals surface area contributed by atoms with Crippen LogP contribution in [0.1, 0.15) is 45.1 Å². The van der Waals surface area contributed by atoms with Gasteiger partial charge in [0.25, 0.3) is 0 Å². The summed E-state index contributed by atoms with van der Waals surface area (Å²) in [5.74, 6) is 0. The Morgan fingerprint density at radius 3 is 2.84 bits per heavy atom. The number of nitrogens with two attached hydrogens (primary N) is 1. The van der Waals surface area contributed by atoms with E-state index in [1.54, 1.807) is 0 Å². The maximum Gasteiger partial charge on any atom is 0.0513 e. The minimum absolute atomic E-state index is 0.217. The van der Waals surface area contributed by atoms with Crippen LogP contribution in [0.2, 0.25) is 0 Å². The molecule has 0 spiro atoms. The van der Waals surface area contributed by atoms with E-state index in [4.69, 9.17) is 5.73 Å². The van der Waals surface area contributed by atoms with Crippen molar-refractivity contribution in [2.75, 3.05) is 11.4 Å². The Kier molecular flexibility index (Phi) is 5.28. The largest absolute Gasteiger partial charge is 0.368 e. The number of hydrogen-bond acceptors (Lipinski definition) is 2. The zero-order valence-electron chi connectivity index (χ0n) is 12.0. The van der Waals surface area contributed by atoms with Gasteiger partial charge < -0.3 is 10.6 Å². The molecule has 1 aromatic carbocycles. The van der Waals surface area contributed by atoms with Crippen molar-refractivity contribution in [3.8, 4) is 0 Å². The lowest BCUT2D eigenvalue weighted by molar-refractivity contribution is 0.615. The zero-order chi connectivity index (χ0) is 13.8. The quantitative estimate of drug-likeness (QED) is 0.906. The molecule has 0 aromatic heterocycles. The second-order valence-corrected chi connectivity index (χ2v) is 6.71. The van der Waals surface area contributed by atoms with Crippen molar-refractivity contribution in [3.05, 3.63) is 28.2 Å². The molecule has 2 nitrogen and oxygen atoms in total. The molecule has 3 heteroatoms. The summed E-state index contributed by atoms with van der Waals surface area (Å²) in [6.07, 6.45) is 6.26. The van der Waals surface area contributed by atoms with Gasteiger partial charge in [0.15, 0.2) is 0 Å². The highest BCUT2D eigenvalue weighted by molar-refractivity contribution is 9.10. The van der Waals surface area contributed by atoms with Gasteiger partial charge in [0, 0.05) is 23.1 Å². The highest BCUT2D eigenvalue weighted by atomic mass is 79.9. The molecule has 1 heterocycles. The smallest absolute Gasteiger partial charge is 0.0513 e. The van der Waals surface area contributed by atoms with E-state index in [2.05, 4.69) is 52.9 Å². The first-order valence-electron chi connectivity index (χ1n) is 7.38. The lowest BCUT2D eigenvalue weighted by Gasteiger charge is -2.30. The van der Waals surface area contributed by atoms with Crippen LogP contribution in [0.3, 0.4) is 0 Å². The fourth-order valence-electron chi connectivity index (χ4n) is 2.91. The van der Waals surface area contributed by atoms with Crippen molar-refractivity contribution in [3.63, 3.8) is 0 Å². The first kappa shape index (κ1) is 14.9. The van der Waals surface area contributed by atoms with Gasteiger partial charge in [0.05, 0.1) is 5.69 Å². The molecule has 0 radical (unpaired) electrons. The van der Waals surface area contributed by atoms with Crippen molar-refractivity contribution < 1.29 is 0 Å². The summed E-state index contributed by atoms with van der Waals surface area (Å²) in [4.78, 5) is 2.55. The standard InChI is InChI=1S/C16H25BrN2/c1-12(18)10-14-7-8-16(15(17)11-14)19-9-5-3-4-6-13(19)2/h7-8,11-13H,3-6,9-10,18H2,1-2H3. The lowest BCUT2D eigenvalue weighted by Crippen LogP contribution is -2.32. The third-order valence-corrected chi connectivity index (χ3v) is 4.57. The number of rotatable bonds is 3. The maximum atomic E-state index is 5.87. The Balaban J connectivity index is 2.19. The zero-order valence-corrected chi connectivity index (χ0v) is 13.6. The van der Waals surface area contributed by atoms with Crippen molar-refractivity contribution in [1.29, 1.82) is 0 Å². The minimum Gasteiger partial charge on any atom is -0.368 e. The van der Waals surface area contributed by atoms with Crippen molar-refractivity contribution in [2.24, 2.45) is 5.73 Å². The number of halogens is 1. The summed E-state index contributed by atoms with van der Waals surface area (Å²) < 4.78 is 1.21. The monoisotopic (exact) mass is 324 g/mol. The Labute approximate surface area is 125 Å². The summed E-state index contributed by atoms with van der Waals surface area (Å²) in [7, 11) is 0. The third-order valence-electron chi connectivity index (χ3n) is 3.93. The molecule has 2 unspecified atom stereocenters. The molecule has 0 saturated carbocycles. The van der Waals surface area contributed by atoms with E-state index in [1.165, 1.54) is 48.0 Å².